The Morgan fingerprint density at radius 1 is 1.29 bits per heavy atom. The molecular formula is C13H23N3O4S. The fraction of sp³-hybridized carbons (Fsp3) is 0.615. The van der Waals surface area contributed by atoms with Crippen molar-refractivity contribution in [1.29, 1.82) is 0 Å². The largest absolute Gasteiger partial charge is 0.493 e. The van der Waals surface area contributed by atoms with Crippen LogP contribution in [0.4, 0.5) is 0 Å². The number of ether oxygens (including phenoxy) is 2. The van der Waals surface area contributed by atoms with Gasteiger partial charge < -0.3 is 14.8 Å². The van der Waals surface area contributed by atoms with Gasteiger partial charge in [-0.25, -0.2) is 13.1 Å². The number of pyridine rings is 1. The zero-order valence-electron chi connectivity index (χ0n) is 13.1. The zero-order valence-corrected chi connectivity index (χ0v) is 13.9. The van der Waals surface area contributed by atoms with E-state index in [4.69, 9.17) is 9.47 Å². The fourth-order valence-corrected chi connectivity index (χ4v) is 3.08. The maximum absolute atomic E-state index is 11.3. The second-order valence-corrected chi connectivity index (χ2v) is 7.10. The molecule has 0 radical (unpaired) electrons. The molecule has 21 heavy (non-hydrogen) atoms. The van der Waals surface area contributed by atoms with Gasteiger partial charge in [-0.3, -0.25) is 4.98 Å². The second kappa shape index (κ2) is 7.06. The Balaban J connectivity index is 2.68. The van der Waals surface area contributed by atoms with Gasteiger partial charge in [0.05, 0.1) is 26.2 Å². The number of hydrogen-bond acceptors (Lipinski definition) is 6. The molecule has 0 atom stereocenters. The molecule has 0 aliphatic rings. The highest BCUT2D eigenvalue weighted by molar-refractivity contribution is 7.88. The monoisotopic (exact) mass is 317 g/mol. The Bertz CT molecular complexity index is 573. The van der Waals surface area contributed by atoms with Gasteiger partial charge >= 0.3 is 0 Å². The molecule has 1 rings (SSSR count). The number of aromatic nitrogens is 1. The van der Waals surface area contributed by atoms with Crippen molar-refractivity contribution in [1.82, 2.24) is 15.0 Å². The van der Waals surface area contributed by atoms with E-state index >= 15 is 0 Å². The van der Waals surface area contributed by atoms with Crippen LogP contribution in [0.1, 0.15) is 19.5 Å². The van der Waals surface area contributed by atoms with E-state index in [9.17, 15) is 8.42 Å². The van der Waals surface area contributed by atoms with Crippen LogP contribution < -0.4 is 19.5 Å². The van der Waals surface area contributed by atoms with Crippen molar-refractivity contribution in [2.75, 3.05) is 27.0 Å². The summed E-state index contributed by atoms with van der Waals surface area (Å²) in [6, 6.07) is 1.72. The van der Waals surface area contributed by atoms with Crippen molar-refractivity contribution >= 4 is 10.0 Å². The van der Waals surface area contributed by atoms with Gasteiger partial charge in [0.1, 0.15) is 0 Å². The highest BCUT2D eigenvalue weighted by atomic mass is 32.2. The van der Waals surface area contributed by atoms with E-state index in [1.807, 2.05) is 0 Å². The summed E-state index contributed by atoms with van der Waals surface area (Å²) in [5.74, 6) is 1.18. The first-order valence-electron chi connectivity index (χ1n) is 6.44. The lowest BCUT2D eigenvalue weighted by Gasteiger charge is -2.25. The molecule has 0 spiro atoms. The van der Waals surface area contributed by atoms with Crippen LogP contribution in [0.3, 0.4) is 0 Å². The van der Waals surface area contributed by atoms with Crippen molar-refractivity contribution in [2.45, 2.75) is 25.9 Å². The predicted molar refractivity (Wildman–Crippen MR) is 81.1 cm³/mol. The lowest BCUT2D eigenvalue weighted by atomic mass is 10.1. The average molecular weight is 317 g/mol. The van der Waals surface area contributed by atoms with E-state index in [0.29, 0.717) is 30.3 Å². The van der Waals surface area contributed by atoms with Gasteiger partial charge in [0, 0.05) is 30.9 Å². The summed E-state index contributed by atoms with van der Waals surface area (Å²) < 4.78 is 35.6. The third-order valence-electron chi connectivity index (χ3n) is 2.69. The van der Waals surface area contributed by atoms with E-state index in [1.54, 1.807) is 40.3 Å². The van der Waals surface area contributed by atoms with E-state index < -0.39 is 15.6 Å². The van der Waals surface area contributed by atoms with Crippen LogP contribution >= 0.6 is 0 Å². The first-order valence-corrected chi connectivity index (χ1v) is 8.33. The molecule has 1 aromatic heterocycles. The summed E-state index contributed by atoms with van der Waals surface area (Å²) >= 11 is 0. The lowest BCUT2D eigenvalue weighted by Crippen LogP contribution is -2.49. The van der Waals surface area contributed by atoms with Crippen molar-refractivity contribution in [3.63, 3.8) is 0 Å². The standard InChI is InChI=1S/C13H23N3O4S/c1-13(2,16-21(5,17)18)9-14-8-10-12(20-4)11(19-3)6-7-15-10/h6-7,14,16H,8-9H2,1-5H3. The van der Waals surface area contributed by atoms with E-state index in [2.05, 4.69) is 15.0 Å². The van der Waals surface area contributed by atoms with Crippen molar-refractivity contribution < 1.29 is 17.9 Å². The molecule has 8 heteroatoms. The molecule has 7 nitrogen and oxygen atoms in total. The molecule has 0 fully saturated rings. The minimum atomic E-state index is -3.25. The second-order valence-electron chi connectivity index (χ2n) is 5.35. The van der Waals surface area contributed by atoms with Gasteiger partial charge in [-0.05, 0) is 13.8 Å². The summed E-state index contributed by atoms with van der Waals surface area (Å²) in [4.78, 5) is 4.25. The lowest BCUT2D eigenvalue weighted by molar-refractivity contribution is 0.346. The maximum atomic E-state index is 11.3. The maximum Gasteiger partial charge on any atom is 0.209 e. The minimum absolute atomic E-state index is 0.440. The quantitative estimate of drug-likeness (QED) is 0.726. The molecular weight excluding hydrogens is 294 g/mol. The number of nitrogens with zero attached hydrogens (tertiary/aromatic N) is 1. The summed E-state index contributed by atoms with van der Waals surface area (Å²) in [7, 11) is -0.133. The molecule has 0 aromatic carbocycles. The zero-order chi connectivity index (χ0) is 16.1. The Labute approximate surface area is 126 Å². The molecule has 1 aromatic rings. The van der Waals surface area contributed by atoms with Gasteiger partial charge in [0.25, 0.3) is 0 Å². The molecule has 0 aliphatic carbocycles. The number of methoxy groups -OCH3 is 2. The van der Waals surface area contributed by atoms with Crippen LogP contribution in [-0.4, -0.2) is 46.0 Å². The summed E-state index contributed by atoms with van der Waals surface area (Å²) in [6.45, 7) is 4.49. The van der Waals surface area contributed by atoms with E-state index in [0.717, 1.165) is 6.26 Å². The minimum Gasteiger partial charge on any atom is -0.493 e. The molecule has 0 amide bonds. The van der Waals surface area contributed by atoms with Crippen LogP contribution in [0.15, 0.2) is 12.3 Å². The molecule has 0 bridgehead atoms. The van der Waals surface area contributed by atoms with Crippen molar-refractivity contribution in [3.05, 3.63) is 18.0 Å². The molecule has 0 saturated carbocycles. The predicted octanol–water partition coefficient (Wildman–Crippen LogP) is 0.516. The average Bonchev–Trinajstić information content (AvgIpc) is 2.35. The van der Waals surface area contributed by atoms with Crippen molar-refractivity contribution in [2.24, 2.45) is 0 Å². The first-order chi connectivity index (χ1) is 9.68. The summed E-state index contributed by atoms with van der Waals surface area (Å²) in [5.41, 5.74) is 0.103. The Morgan fingerprint density at radius 3 is 2.48 bits per heavy atom. The molecule has 1 heterocycles. The summed E-state index contributed by atoms with van der Waals surface area (Å²) in [5, 5.41) is 3.17. The highest BCUT2D eigenvalue weighted by Gasteiger charge is 2.22. The van der Waals surface area contributed by atoms with Gasteiger partial charge in [0.15, 0.2) is 11.5 Å². The topological polar surface area (TPSA) is 89.5 Å². The van der Waals surface area contributed by atoms with Gasteiger partial charge in [-0.15, -0.1) is 0 Å². The van der Waals surface area contributed by atoms with Crippen LogP contribution in [-0.2, 0) is 16.6 Å². The van der Waals surface area contributed by atoms with Crippen molar-refractivity contribution in [3.8, 4) is 11.5 Å². The number of sulfonamides is 1. The first kappa shape index (κ1) is 17.7. The Hall–Kier alpha value is -1.38. The third-order valence-corrected chi connectivity index (χ3v) is 3.61. The van der Waals surface area contributed by atoms with Gasteiger partial charge in [0.2, 0.25) is 10.0 Å². The normalized spacial score (nSPS) is 12.2. The number of hydrogen-bond donors (Lipinski definition) is 2. The smallest absolute Gasteiger partial charge is 0.209 e. The molecule has 120 valence electrons. The van der Waals surface area contributed by atoms with Gasteiger partial charge in [-0.2, -0.15) is 0 Å². The van der Waals surface area contributed by atoms with E-state index in [-0.39, 0.29) is 0 Å². The van der Waals surface area contributed by atoms with Crippen LogP contribution in [0, 0.1) is 0 Å². The molecule has 2 N–H and O–H groups in total. The van der Waals surface area contributed by atoms with Crippen LogP contribution in [0.25, 0.3) is 0 Å². The Morgan fingerprint density at radius 2 is 1.95 bits per heavy atom. The van der Waals surface area contributed by atoms with E-state index in [1.165, 1.54) is 0 Å². The van der Waals surface area contributed by atoms with Crippen LogP contribution in [0.5, 0.6) is 11.5 Å². The molecule has 0 saturated heterocycles. The third kappa shape index (κ3) is 5.86. The number of rotatable bonds is 8. The van der Waals surface area contributed by atoms with Gasteiger partial charge in [-0.1, -0.05) is 0 Å². The molecule has 0 aliphatic heterocycles. The summed E-state index contributed by atoms with van der Waals surface area (Å²) in [6.07, 6.45) is 2.78. The highest BCUT2D eigenvalue weighted by Crippen LogP contribution is 2.28. The Kier molecular flexibility index (Phi) is 5.94. The molecule has 0 unspecified atom stereocenters. The SMILES string of the molecule is COc1ccnc(CNCC(C)(C)NS(C)(=O)=O)c1OC. The fourth-order valence-electron chi connectivity index (χ4n) is 2.01. The number of nitrogens with one attached hydrogen (secondary N) is 2. The van der Waals surface area contributed by atoms with Crippen LogP contribution in [0.2, 0.25) is 0 Å².